The van der Waals surface area contributed by atoms with Crippen molar-refractivity contribution in [3.05, 3.63) is 29.3 Å². The number of rotatable bonds is 14. The fourth-order valence-electron chi connectivity index (χ4n) is 8.90. The lowest BCUT2D eigenvalue weighted by Crippen LogP contribution is -2.50. The van der Waals surface area contributed by atoms with E-state index in [1.165, 1.54) is 0 Å². The highest BCUT2D eigenvalue weighted by molar-refractivity contribution is 5.95. The molecule has 3 aliphatic rings. The number of anilines is 1. The third kappa shape index (κ3) is 9.78. The lowest BCUT2D eigenvalue weighted by molar-refractivity contribution is -0.188. The normalized spacial score (nSPS) is 32.0. The Balaban J connectivity index is 1.64. The van der Waals surface area contributed by atoms with Gasteiger partial charge in [0.2, 0.25) is 0 Å². The van der Waals surface area contributed by atoms with Crippen LogP contribution in [0.5, 0.6) is 0 Å². The molecule has 2 saturated carbocycles. The minimum atomic E-state index is -0.650. The minimum absolute atomic E-state index is 0.0519. The molecule has 4 rings (SSSR count). The summed E-state index contributed by atoms with van der Waals surface area (Å²) < 4.78 is 6.29. The molecule has 6 unspecified atom stereocenters. The van der Waals surface area contributed by atoms with Gasteiger partial charge in [-0.3, -0.25) is 14.4 Å². The van der Waals surface area contributed by atoms with Crippen LogP contribution < -0.4 is 15.5 Å². The minimum Gasteiger partial charge on any atom is -0.394 e. The van der Waals surface area contributed by atoms with E-state index < -0.39 is 12.1 Å². The van der Waals surface area contributed by atoms with Crippen LogP contribution in [0.2, 0.25) is 0 Å². The van der Waals surface area contributed by atoms with Crippen LogP contribution >= 0.6 is 0 Å². The van der Waals surface area contributed by atoms with Crippen LogP contribution in [0.1, 0.15) is 88.6 Å². The number of carbonyl (C=O) groups excluding carboxylic acids is 2. The quantitative estimate of drug-likeness (QED) is 0.241. The number of benzene rings is 1. The molecule has 1 aromatic carbocycles. The first-order valence-electron chi connectivity index (χ1n) is 19.2. The number of carbonyl (C=O) groups is 2. The summed E-state index contributed by atoms with van der Waals surface area (Å²) in [6.07, 6.45) is 6.15. The van der Waals surface area contributed by atoms with Crippen LogP contribution in [0, 0.1) is 35.0 Å². The number of methoxy groups -OCH3 is 1. The Hall–Kier alpha value is -2.41. The molecular weight excluding hydrogens is 644 g/mol. The van der Waals surface area contributed by atoms with E-state index in [9.17, 15) is 14.7 Å². The highest BCUT2D eigenvalue weighted by Gasteiger charge is 2.51. The molecule has 3 fully saturated rings. The maximum absolute atomic E-state index is 14.4. The largest absolute Gasteiger partial charge is 0.394 e. The molecule has 0 radical (unpaired) electrons. The molecule has 1 aliphatic heterocycles. The fourth-order valence-corrected chi connectivity index (χ4v) is 8.90. The Morgan fingerprint density at radius 2 is 1.88 bits per heavy atom. The van der Waals surface area contributed by atoms with E-state index in [0.717, 1.165) is 56.4 Å². The second-order valence-corrected chi connectivity index (χ2v) is 16.7. The van der Waals surface area contributed by atoms with Gasteiger partial charge in [0.1, 0.15) is 12.1 Å². The van der Waals surface area contributed by atoms with Crippen molar-refractivity contribution in [1.82, 2.24) is 20.6 Å². The van der Waals surface area contributed by atoms with Gasteiger partial charge in [0.25, 0.3) is 11.8 Å². The highest BCUT2D eigenvalue weighted by atomic mass is 16.7. The van der Waals surface area contributed by atoms with Crippen LogP contribution in [0.25, 0.3) is 0 Å². The van der Waals surface area contributed by atoms with Gasteiger partial charge < -0.3 is 30.3 Å². The summed E-state index contributed by atoms with van der Waals surface area (Å²) >= 11 is 0. The first-order chi connectivity index (χ1) is 24.1. The molecule has 3 N–H and O–H groups in total. The number of nitrogens with zero attached hydrogens (tertiary/aromatic N) is 4. The van der Waals surface area contributed by atoms with Gasteiger partial charge in [-0.25, -0.2) is 4.99 Å². The molecule has 1 saturated heterocycles. The zero-order valence-corrected chi connectivity index (χ0v) is 33.3. The van der Waals surface area contributed by atoms with Crippen LogP contribution in [0.15, 0.2) is 23.2 Å². The predicted octanol–water partition coefficient (Wildman–Crippen LogP) is 4.45. The molecule has 288 valence electrons. The topological polar surface area (TPSA) is 119 Å². The Morgan fingerprint density at radius 3 is 2.51 bits per heavy atom. The second kappa shape index (κ2) is 18.1. The smallest absolute Gasteiger partial charge is 0.265 e. The van der Waals surface area contributed by atoms with E-state index in [1.807, 2.05) is 56.5 Å². The summed E-state index contributed by atoms with van der Waals surface area (Å²) in [5, 5.41) is 18.8. The van der Waals surface area contributed by atoms with Gasteiger partial charge in [-0.1, -0.05) is 34.1 Å². The summed E-state index contributed by atoms with van der Waals surface area (Å²) in [6.45, 7) is 13.3. The Labute approximate surface area is 307 Å². The Kier molecular flexibility index (Phi) is 14.7. The van der Waals surface area contributed by atoms with E-state index >= 15 is 0 Å². The Bertz CT molecular complexity index is 1340. The average molecular weight is 713 g/mol. The average Bonchev–Trinajstić information content (AvgIpc) is 3.47. The van der Waals surface area contributed by atoms with Crippen molar-refractivity contribution >= 4 is 23.7 Å². The van der Waals surface area contributed by atoms with E-state index in [1.54, 1.807) is 14.2 Å². The van der Waals surface area contributed by atoms with Crippen LogP contribution in [0.4, 0.5) is 5.69 Å². The SMILES string of the molecule is CNC(=O)c1cc(C2CCCC(CN3O[C@@H](CO)[C@@H](C(C)NCCN(C)C)C3C(=O)N=CC3CCC(C)(C)[C@@H](C)[C@@H]3C)C2OC)cc(N(C)C)c1. The number of ether oxygens (including phenoxy) is 1. The molecular formula is C40H68N6O5. The maximum atomic E-state index is 14.4. The molecule has 1 aromatic rings. The lowest BCUT2D eigenvalue weighted by Gasteiger charge is -2.44. The number of hydroxylamine groups is 2. The van der Waals surface area contributed by atoms with Gasteiger partial charge in [-0.05, 0) is 93.6 Å². The van der Waals surface area contributed by atoms with Crippen molar-refractivity contribution in [2.75, 3.05) is 73.5 Å². The number of aliphatic hydroxyl groups is 1. The second-order valence-electron chi connectivity index (χ2n) is 16.7. The van der Waals surface area contributed by atoms with E-state index in [0.29, 0.717) is 23.9 Å². The van der Waals surface area contributed by atoms with E-state index in [-0.39, 0.29) is 59.7 Å². The summed E-state index contributed by atoms with van der Waals surface area (Å²) in [5.41, 5.74) is 2.92. The number of hydrogen-bond acceptors (Lipinski definition) is 9. The van der Waals surface area contributed by atoms with Crippen molar-refractivity contribution in [2.45, 2.75) is 96.9 Å². The summed E-state index contributed by atoms with van der Waals surface area (Å²) in [6, 6.07) is 5.32. The molecule has 0 bridgehead atoms. The molecule has 2 aliphatic carbocycles. The van der Waals surface area contributed by atoms with Gasteiger partial charge in [0.05, 0.1) is 12.7 Å². The van der Waals surface area contributed by atoms with E-state index in [4.69, 9.17) is 14.6 Å². The van der Waals surface area contributed by atoms with Gasteiger partial charge in [-0.2, -0.15) is 5.06 Å². The van der Waals surface area contributed by atoms with Gasteiger partial charge in [0, 0.05) is 89.1 Å². The maximum Gasteiger partial charge on any atom is 0.265 e. The third-order valence-corrected chi connectivity index (χ3v) is 12.6. The van der Waals surface area contributed by atoms with Crippen molar-refractivity contribution in [2.24, 2.45) is 40.0 Å². The first-order valence-corrected chi connectivity index (χ1v) is 19.2. The summed E-state index contributed by atoms with van der Waals surface area (Å²) in [7, 11) is 11.5. The van der Waals surface area contributed by atoms with Gasteiger partial charge in [-0.15, -0.1) is 0 Å². The van der Waals surface area contributed by atoms with Crippen LogP contribution in [-0.4, -0.2) is 126 Å². The summed E-state index contributed by atoms with van der Waals surface area (Å²) in [5.74, 6) is 0.665. The number of aliphatic imine (C=N–C) groups is 1. The number of nitrogens with one attached hydrogen (secondary N) is 2. The molecule has 10 atom stereocenters. The van der Waals surface area contributed by atoms with Crippen molar-refractivity contribution in [1.29, 1.82) is 0 Å². The molecule has 11 heteroatoms. The van der Waals surface area contributed by atoms with Crippen LogP contribution in [0.3, 0.4) is 0 Å². The van der Waals surface area contributed by atoms with Gasteiger partial charge in [0.15, 0.2) is 0 Å². The molecule has 51 heavy (non-hydrogen) atoms. The lowest BCUT2D eigenvalue weighted by atomic mass is 9.61. The third-order valence-electron chi connectivity index (χ3n) is 12.6. The number of amides is 2. The standard InChI is InChI=1S/C40H68N6O5/c1-25-26(2)40(4,5)16-15-28(25)22-43-39(49)36-35(27(3)42-17-18-44(7)8)34(24-47)51-46(36)23-29-13-12-14-33(37(29)50-11)30-19-31(38(48)41-6)21-32(20-30)45(9)10/h19-22,25-29,33-37,42,47H,12-18,23-24H2,1-11H3,(H,41,48)/t25-,26-,27?,28?,29?,33?,34-,35+,36?,37?/m0/s1. The summed E-state index contributed by atoms with van der Waals surface area (Å²) in [4.78, 5) is 42.5. The predicted molar refractivity (Wildman–Crippen MR) is 205 cm³/mol. The number of hydrogen-bond donors (Lipinski definition) is 3. The highest BCUT2D eigenvalue weighted by Crippen LogP contribution is 2.46. The molecule has 2 amide bonds. The fraction of sp³-hybridized carbons (Fsp3) is 0.775. The zero-order chi connectivity index (χ0) is 37.6. The van der Waals surface area contributed by atoms with Gasteiger partial charge >= 0.3 is 0 Å². The first kappa shape index (κ1) is 41.3. The van der Waals surface area contributed by atoms with Crippen LogP contribution in [-0.2, 0) is 14.4 Å². The molecule has 1 heterocycles. The molecule has 11 nitrogen and oxygen atoms in total. The monoisotopic (exact) mass is 713 g/mol. The van der Waals surface area contributed by atoms with Crippen molar-refractivity contribution < 1.29 is 24.3 Å². The zero-order valence-electron chi connectivity index (χ0n) is 33.3. The van der Waals surface area contributed by atoms with E-state index in [2.05, 4.69) is 56.2 Å². The van der Waals surface area contributed by atoms with Crippen molar-refractivity contribution in [3.63, 3.8) is 0 Å². The number of likely N-dealkylation sites (N-methyl/N-ethyl adjacent to an activating group) is 1. The molecule has 0 spiro atoms. The number of aliphatic hydroxyl groups excluding tert-OH is 1. The van der Waals surface area contributed by atoms with Crippen molar-refractivity contribution in [3.8, 4) is 0 Å². The molecule has 0 aromatic heterocycles. The Morgan fingerprint density at radius 1 is 1.16 bits per heavy atom.